The van der Waals surface area contributed by atoms with Crippen molar-refractivity contribution in [1.82, 2.24) is 24.8 Å². The molecule has 3 aromatic rings. The van der Waals surface area contributed by atoms with Crippen molar-refractivity contribution in [2.24, 2.45) is 0 Å². The van der Waals surface area contributed by atoms with Crippen molar-refractivity contribution in [3.8, 4) is 5.88 Å². The molecule has 1 atom stereocenters. The molecule has 0 aliphatic carbocycles. The SMILES string of the molecule is Cc1nc2ccc(C(=O)N3CCOC(COc4ccnc(C(F)(F)F)n4)C3)cc2[nH]1. The molecular weight excluding hydrogens is 403 g/mol. The van der Waals surface area contributed by atoms with Crippen LogP contribution in [0.3, 0.4) is 0 Å². The first-order valence-corrected chi connectivity index (χ1v) is 9.20. The van der Waals surface area contributed by atoms with Gasteiger partial charge in [-0.3, -0.25) is 4.79 Å². The Morgan fingerprint density at radius 3 is 2.97 bits per heavy atom. The molecule has 0 radical (unpaired) electrons. The van der Waals surface area contributed by atoms with E-state index in [-0.39, 0.29) is 24.9 Å². The predicted molar refractivity (Wildman–Crippen MR) is 99.0 cm³/mol. The summed E-state index contributed by atoms with van der Waals surface area (Å²) in [5.74, 6) is -0.884. The van der Waals surface area contributed by atoms with Gasteiger partial charge in [0.2, 0.25) is 11.7 Å². The highest BCUT2D eigenvalue weighted by Gasteiger charge is 2.35. The van der Waals surface area contributed by atoms with Crippen LogP contribution in [0.5, 0.6) is 5.88 Å². The van der Waals surface area contributed by atoms with Gasteiger partial charge >= 0.3 is 6.18 Å². The van der Waals surface area contributed by atoms with Crippen molar-refractivity contribution in [1.29, 1.82) is 0 Å². The van der Waals surface area contributed by atoms with Gasteiger partial charge in [0, 0.05) is 24.4 Å². The predicted octanol–water partition coefficient (Wildman–Crippen LogP) is 2.60. The first kappa shape index (κ1) is 20.1. The van der Waals surface area contributed by atoms with Crippen molar-refractivity contribution >= 4 is 16.9 Å². The summed E-state index contributed by atoms with van der Waals surface area (Å²) in [5, 5.41) is 0. The van der Waals surface area contributed by atoms with Crippen LogP contribution in [-0.2, 0) is 10.9 Å². The molecule has 1 aromatic carbocycles. The number of rotatable bonds is 4. The minimum Gasteiger partial charge on any atom is -0.475 e. The summed E-state index contributed by atoms with van der Waals surface area (Å²) < 4.78 is 49.1. The Hall–Kier alpha value is -3.21. The second-order valence-electron chi connectivity index (χ2n) is 6.83. The molecule has 0 spiro atoms. The number of alkyl halides is 3. The van der Waals surface area contributed by atoms with Crippen LogP contribution < -0.4 is 4.74 Å². The van der Waals surface area contributed by atoms with Crippen molar-refractivity contribution in [2.75, 3.05) is 26.3 Å². The zero-order valence-electron chi connectivity index (χ0n) is 15.9. The lowest BCUT2D eigenvalue weighted by atomic mass is 10.1. The first-order chi connectivity index (χ1) is 14.3. The number of H-pyrrole nitrogens is 1. The van der Waals surface area contributed by atoms with Crippen LogP contribution in [0, 0.1) is 6.92 Å². The van der Waals surface area contributed by atoms with Gasteiger partial charge in [0.05, 0.1) is 24.2 Å². The van der Waals surface area contributed by atoms with Crippen LogP contribution in [0.2, 0.25) is 0 Å². The molecule has 2 aromatic heterocycles. The Balaban J connectivity index is 1.39. The Kier molecular flexibility index (Phi) is 5.29. The normalized spacial score (nSPS) is 17.3. The number of hydrogen-bond acceptors (Lipinski definition) is 6. The quantitative estimate of drug-likeness (QED) is 0.696. The van der Waals surface area contributed by atoms with E-state index in [4.69, 9.17) is 9.47 Å². The monoisotopic (exact) mass is 421 g/mol. The molecule has 1 saturated heterocycles. The van der Waals surface area contributed by atoms with E-state index >= 15 is 0 Å². The highest BCUT2D eigenvalue weighted by atomic mass is 19.4. The molecule has 158 valence electrons. The number of hydrogen-bond donors (Lipinski definition) is 1. The molecule has 1 aliphatic heterocycles. The van der Waals surface area contributed by atoms with E-state index < -0.39 is 18.1 Å². The Bertz CT molecular complexity index is 1070. The summed E-state index contributed by atoms with van der Waals surface area (Å²) >= 11 is 0. The van der Waals surface area contributed by atoms with Gasteiger partial charge in [-0.25, -0.2) is 9.97 Å². The Morgan fingerprint density at radius 2 is 2.17 bits per heavy atom. The van der Waals surface area contributed by atoms with Gasteiger partial charge in [-0.15, -0.1) is 0 Å². The molecule has 1 fully saturated rings. The molecule has 1 N–H and O–H groups in total. The molecule has 1 unspecified atom stereocenters. The number of nitrogens with one attached hydrogen (secondary N) is 1. The average Bonchev–Trinajstić information content (AvgIpc) is 3.10. The number of benzene rings is 1. The molecule has 30 heavy (non-hydrogen) atoms. The van der Waals surface area contributed by atoms with E-state index in [9.17, 15) is 18.0 Å². The van der Waals surface area contributed by atoms with Gasteiger partial charge in [0.25, 0.3) is 5.91 Å². The van der Waals surface area contributed by atoms with Gasteiger partial charge in [-0.05, 0) is 25.1 Å². The first-order valence-electron chi connectivity index (χ1n) is 9.20. The molecule has 4 rings (SSSR count). The summed E-state index contributed by atoms with van der Waals surface area (Å²) in [4.78, 5) is 28.5. The fourth-order valence-electron chi connectivity index (χ4n) is 3.19. The fraction of sp³-hybridized carbons (Fsp3) is 0.368. The molecule has 1 aliphatic rings. The van der Waals surface area contributed by atoms with Crippen molar-refractivity contribution in [2.45, 2.75) is 19.2 Å². The van der Waals surface area contributed by atoms with Gasteiger partial charge in [0.15, 0.2) is 0 Å². The van der Waals surface area contributed by atoms with Crippen molar-refractivity contribution in [3.05, 3.63) is 47.7 Å². The smallest absolute Gasteiger partial charge is 0.451 e. The van der Waals surface area contributed by atoms with E-state index in [1.54, 1.807) is 23.1 Å². The Morgan fingerprint density at radius 1 is 1.33 bits per heavy atom. The minimum atomic E-state index is -4.65. The lowest BCUT2D eigenvalue weighted by molar-refractivity contribution is -0.145. The fourth-order valence-corrected chi connectivity index (χ4v) is 3.19. The summed E-state index contributed by atoms with van der Waals surface area (Å²) in [6.07, 6.45) is -4.17. The molecular formula is C19H18F3N5O3. The molecule has 3 heterocycles. The second-order valence-corrected chi connectivity index (χ2v) is 6.83. The van der Waals surface area contributed by atoms with Crippen LogP contribution in [0.25, 0.3) is 11.0 Å². The minimum absolute atomic E-state index is 0.0448. The zero-order chi connectivity index (χ0) is 21.3. The van der Waals surface area contributed by atoms with Crippen molar-refractivity contribution < 1.29 is 27.4 Å². The number of aryl methyl sites for hydroxylation is 1. The van der Waals surface area contributed by atoms with Crippen LogP contribution >= 0.6 is 0 Å². The topological polar surface area (TPSA) is 93.2 Å². The number of aromatic nitrogens is 4. The number of halogens is 3. The molecule has 8 nitrogen and oxygen atoms in total. The zero-order valence-corrected chi connectivity index (χ0v) is 15.9. The van der Waals surface area contributed by atoms with Gasteiger partial charge in [0.1, 0.15) is 18.5 Å². The maximum Gasteiger partial charge on any atom is 0.451 e. The van der Waals surface area contributed by atoms with Gasteiger partial charge < -0.3 is 19.4 Å². The van der Waals surface area contributed by atoms with E-state index in [0.717, 1.165) is 23.1 Å². The summed E-state index contributed by atoms with van der Waals surface area (Å²) in [6.45, 7) is 2.74. The van der Waals surface area contributed by atoms with E-state index in [2.05, 4.69) is 19.9 Å². The second kappa shape index (κ2) is 7.90. The Labute approximate surface area is 169 Å². The average molecular weight is 421 g/mol. The van der Waals surface area contributed by atoms with Gasteiger partial charge in [-0.1, -0.05) is 0 Å². The summed E-state index contributed by atoms with van der Waals surface area (Å²) in [6, 6.07) is 6.48. The van der Waals surface area contributed by atoms with Crippen LogP contribution in [-0.4, -0.2) is 63.2 Å². The number of nitrogens with zero attached hydrogens (tertiary/aromatic N) is 4. The third-order valence-electron chi connectivity index (χ3n) is 4.57. The number of aromatic amines is 1. The van der Waals surface area contributed by atoms with Gasteiger partial charge in [-0.2, -0.15) is 18.2 Å². The molecule has 0 bridgehead atoms. The number of ether oxygens (including phenoxy) is 2. The number of fused-ring (bicyclic) bond motifs is 1. The lowest BCUT2D eigenvalue weighted by Crippen LogP contribution is -2.47. The van der Waals surface area contributed by atoms with Crippen molar-refractivity contribution in [3.63, 3.8) is 0 Å². The summed E-state index contributed by atoms with van der Waals surface area (Å²) in [7, 11) is 0. The maximum absolute atomic E-state index is 12.9. The number of carbonyl (C=O) groups excluding carboxylic acids is 1. The third kappa shape index (κ3) is 4.35. The molecule has 1 amide bonds. The largest absolute Gasteiger partial charge is 0.475 e. The number of amides is 1. The maximum atomic E-state index is 12.9. The number of carbonyl (C=O) groups is 1. The van der Waals surface area contributed by atoms with Crippen LogP contribution in [0.4, 0.5) is 13.2 Å². The highest BCUT2D eigenvalue weighted by molar-refractivity contribution is 5.97. The lowest BCUT2D eigenvalue weighted by Gasteiger charge is -2.32. The van der Waals surface area contributed by atoms with E-state index in [1.165, 1.54) is 6.07 Å². The molecule has 11 heteroatoms. The van der Waals surface area contributed by atoms with E-state index in [0.29, 0.717) is 18.7 Å². The summed E-state index contributed by atoms with van der Waals surface area (Å²) in [5.41, 5.74) is 2.06. The highest BCUT2D eigenvalue weighted by Crippen LogP contribution is 2.26. The number of morpholine rings is 1. The molecule has 0 saturated carbocycles. The standard InChI is InChI=1S/C19H18F3N5O3/c1-11-24-14-3-2-12(8-15(14)25-11)17(28)27-6-7-29-13(9-27)10-30-16-4-5-23-18(26-16)19(20,21)22/h2-5,8,13H,6-7,9-10H2,1H3,(H,24,25). The third-order valence-corrected chi connectivity index (χ3v) is 4.57. The number of imidazole rings is 1. The van der Waals surface area contributed by atoms with Crippen LogP contribution in [0.15, 0.2) is 30.5 Å². The van der Waals surface area contributed by atoms with Crippen LogP contribution in [0.1, 0.15) is 22.0 Å². The van der Waals surface area contributed by atoms with E-state index in [1.807, 2.05) is 6.92 Å².